The number of nitrogens with one attached hydrogen (secondary N) is 2. The maximum atomic E-state index is 12.9. The summed E-state index contributed by atoms with van der Waals surface area (Å²) in [5, 5.41) is 26.1. The first-order chi connectivity index (χ1) is 17.2. The van der Waals surface area contributed by atoms with Gasteiger partial charge >= 0.3 is 0 Å². The van der Waals surface area contributed by atoms with Gasteiger partial charge in [-0.3, -0.25) is 9.59 Å². The van der Waals surface area contributed by atoms with Crippen molar-refractivity contribution in [1.82, 2.24) is 10.6 Å². The highest BCUT2D eigenvalue weighted by molar-refractivity contribution is 5.96. The van der Waals surface area contributed by atoms with Crippen molar-refractivity contribution in [2.24, 2.45) is 23.5 Å². The fourth-order valence-electron chi connectivity index (χ4n) is 4.46. The van der Waals surface area contributed by atoms with E-state index in [9.17, 15) is 19.8 Å². The molecular weight excluding hydrogens is 498 g/mol. The molecule has 1 fully saturated rings. The maximum Gasteiger partial charge on any atom is 0.255 e. The molecule has 0 radical (unpaired) electrons. The zero-order chi connectivity index (χ0) is 26.5. The summed E-state index contributed by atoms with van der Waals surface area (Å²) < 4.78 is 10.9. The van der Waals surface area contributed by atoms with Crippen molar-refractivity contribution in [3.63, 3.8) is 0 Å². The number of hydrogen-bond donors (Lipinski definition) is 5. The van der Waals surface area contributed by atoms with E-state index in [1.165, 1.54) is 0 Å². The number of nitrogens with two attached hydrogens (primary N) is 1. The number of amides is 2. The van der Waals surface area contributed by atoms with Crippen LogP contribution in [0.25, 0.3) is 0 Å². The molecule has 6 N–H and O–H groups in total. The van der Waals surface area contributed by atoms with Gasteiger partial charge in [-0.15, -0.1) is 12.4 Å². The molecule has 0 spiro atoms. The topological polar surface area (TPSA) is 143 Å². The second-order valence-corrected chi connectivity index (χ2v) is 10.1. The monoisotopic (exact) mass is 543 g/mol. The normalized spacial score (nSPS) is 19.5. The molecule has 10 heteroatoms. The minimum atomic E-state index is -0.920. The van der Waals surface area contributed by atoms with Gasteiger partial charge in [0.25, 0.3) is 5.91 Å². The first-order valence-corrected chi connectivity index (χ1v) is 13.1. The zero-order valence-electron chi connectivity index (χ0n) is 22.4. The molecule has 2 amide bonds. The first kappa shape index (κ1) is 33.1. The van der Waals surface area contributed by atoms with E-state index < -0.39 is 24.2 Å². The lowest BCUT2D eigenvalue weighted by molar-refractivity contribution is -0.128. The molecule has 1 aliphatic carbocycles. The number of unbranched alkanes of at least 4 members (excludes halogenated alkanes) is 1. The number of para-hydroxylation sites is 1. The SMILES string of the molecule is COCCCCOc1ccccc1C(=O)NCC(CC(N)C(O)CNC(=O)[C@H]1CCC[C@@H]1O)C(C)C.Cl. The molecule has 5 atom stereocenters. The summed E-state index contributed by atoms with van der Waals surface area (Å²) in [6.07, 6.45) is 2.79. The van der Waals surface area contributed by atoms with Gasteiger partial charge in [0, 0.05) is 32.8 Å². The Kier molecular flexibility index (Phi) is 15.7. The van der Waals surface area contributed by atoms with Crippen molar-refractivity contribution >= 4 is 24.2 Å². The zero-order valence-corrected chi connectivity index (χ0v) is 23.2. The second kappa shape index (κ2) is 17.6. The summed E-state index contributed by atoms with van der Waals surface area (Å²) in [6, 6.07) is 6.61. The van der Waals surface area contributed by atoms with Crippen LogP contribution in [0.2, 0.25) is 0 Å². The van der Waals surface area contributed by atoms with Crippen LogP contribution in [0.5, 0.6) is 5.75 Å². The number of carbonyl (C=O) groups excluding carboxylic acids is 2. The highest BCUT2D eigenvalue weighted by atomic mass is 35.5. The Morgan fingerprint density at radius 3 is 2.46 bits per heavy atom. The summed E-state index contributed by atoms with van der Waals surface area (Å²) in [7, 11) is 1.67. The minimum absolute atomic E-state index is 0. The lowest BCUT2D eigenvalue weighted by atomic mass is 9.87. The minimum Gasteiger partial charge on any atom is -0.493 e. The third-order valence-corrected chi connectivity index (χ3v) is 6.97. The van der Waals surface area contributed by atoms with E-state index in [0.717, 1.165) is 19.3 Å². The Labute approximate surface area is 227 Å². The Morgan fingerprint density at radius 2 is 1.81 bits per heavy atom. The Balaban J connectivity index is 0.00000684. The van der Waals surface area contributed by atoms with E-state index >= 15 is 0 Å². The molecule has 1 saturated carbocycles. The smallest absolute Gasteiger partial charge is 0.255 e. The van der Waals surface area contributed by atoms with Gasteiger partial charge in [-0.05, 0) is 62.5 Å². The largest absolute Gasteiger partial charge is 0.493 e. The molecule has 2 rings (SSSR count). The number of carbonyl (C=O) groups is 2. The van der Waals surface area contributed by atoms with Crippen LogP contribution in [-0.2, 0) is 9.53 Å². The van der Waals surface area contributed by atoms with Crippen LogP contribution in [0.15, 0.2) is 24.3 Å². The number of methoxy groups -OCH3 is 1. The molecule has 1 aromatic rings. The van der Waals surface area contributed by atoms with Crippen LogP contribution >= 0.6 is 12.4 Å². The lowest BCUT2D eigenvalue weighted by Gasteiger charge is -2.28. The molecule has 3 unspecified atom stereocenters. The molecule has 212 valence electrons. The molecule has 0 saturated heterocycles. The van der Waals surface area contributed by atoms with Gasteiger partial charge in [0.05, 0.1) is 30.3 Å². The van der Waals surface area contributed by atoms with Gasteiger partial charge in [0.15, 0.2) is 0 Å². The first-order valence-electron chi connectivity index (χ1n) is 13.1. The van der Waals surface area contributed by atoms with Crippen LogP contribution < -0.4 is 21.1 Å². The maximum absolute atomic E-state index is 12.9. The lowest BCUT2D eigenvalue weighted by Crippen LogP contribution is -2.47. The summed E-state index contributed by atoms with van der Waals surface area (Å²) in [5.41, 5.74) is 6.74. The van der Waals surface area contributed by atoms with Crippen LogP contribution in [-0.4, -0.2) is 73.7 Å². The van der Waals surface area contributed by atoms with E-state index in [4.69, 9.17) is 15.2 Å². The Morgan fingerprint density at radius 1 is 1.11 bits per heavy atom. The van der Waals surface area contributed by atoms with Gasteiger partial charge in [0.2, 0.25) is 5.91 Å². The molecular formula is C27H46ClN3O6. The fourth-order valence-corrected chi connectivity index (χ4v) is 4.46. The van der Waals surface area contributed by atoms with Crippen molar-refractivity contribution in [1.29, 1.82) is 0 Å². The Hall–Kier alpha value is -1.91. The van der Waals surface area contributed by atoms with Crippen molar-refractivity contribution < 1.29 is 29.3 Å². The molecule has 0 aliphatic heterocycles. The predicted molar refractivity (Wildman–Crippen MR) is 146 cm³/mol. The summed E-state index contributed by atoms with van der Waals surface area (Å²) in [6.45, 7) is 5.72. The third kappa shape index (κ3) is 11.2. The number of halogens is 1. The van der Waals surface area contributed by atoms with E-state index in [1.807, 2.05) is 6.07 Å². The van der Waals surface area contributed by atoms with Crippen LogP contribution in [0.1, 0.15) is 62.7 Å². The molecule has 0 bridgehead atoms. The van der Waals surface area contributed by atoms with Crippen molar-refractivity contribution in [2.45, 2.75) is 70.6 Å². The van der Waals surface area contributed by atoms with Crippen molar-refractivity contribution in [3.05, 3.63) is 29.8 Å². The number of hydrogen-bond acceptors (Lipinski definition) is 7. The van der Waals surface area contributed by atoms with Gasteiger partial charge in [-0.2, -0.15) is 0 Å². The fraction of sp³-hybridized carbons (Fsp3) is 0.704. The quantitative estimate of drug-likeness (QED) is 0.201. The van der Waals surface area contributed by atoms with Crippen LogP contribution in [0.4, 0.5) is 0 Å². The molecule has 0 heterocycles. The van der Waals surface area contributed by atoms with E-state index in [2.05, 4.69) is 24.5 Å². The van der Waals surface area contributed by atoms with Gasteiger partial charge in [0.1, 0.15) is 5.75 Å². The van der Waals surface area contributed by atoms with Gasteiger partial charge < -0.3 is 36.1 Å². The number of aliphatic hydroxyl groups is 2. The van der Waals surface area contributed by atoms with Crippen molar-refractivity contribution in [2.75, 3.05) is 33.4 Å². The number of aliphatic hydroxyl groups excluding tert-OH is 2. The molecule has 1 aromatic carbocycles. The summed E-state index contributed by atoms with van der Waals surface area (Å²) in [4.78, 5) is 25.2. The number of ether oxygens (including phenoxy) is 2. The number of rotatable bonds is 16. The van der Waals surface area contributed by atoms with E-state index in [0.29, 0.717) is 50.3 Å². The number of benzene rings is 1. The molecule has 9 nitrogen and oxygen atoms in total. The predicted octanol–water partition coefficient (Wildman–Crippen LogP) is 2.27. The van der Waals surface area contributed by atoms with Crippen molar-refractivity contribution in [3.8, 4) is 5.75 Å². The molecule has 1 aliphatic rings. The van der Waals surface area contributed by atoms with E-state index in [-0.39, 0.29) is 42.6 Å². The average molecular weight is 544 g/mol. The van der Waals surface area contributed by atoms with Gasteiger partial charge in [-0.25, -0.2) is 0 Å². The second-order valence-electron chi connectivity index (χ2n) is 10.1. The highest BCUT2D eigenvalue weighted by Crippen LogP contribution is 2.25. The van der Waals surface area contributed by atoms with Gasteiger partial charge in [-0.1, -0.05) is 26.0 Å². The third-order valence-electron chi connectivity index (χ3n) is 6.97. The molecule has 37 heavy (non-hydrogen) atoms. The highest BCUT2D eigenvalue weighted by Gasteiger charge is 2.32. The summed E-state index contributed by atoms with van der Waals surface area (Å²) in [5.74, 6) is -0.0664. The van der Waals surface area contributed by atoms with E-state index in [1.54, 1.807) is 25.3 Å². The summed E-state index contributed by atoms with van der Waals surface area (Å²) >= 11 is 0. The van der Waals surface area contributed by atoms with Crippen LogP contribution in [0, 0.1) is 17.8 Å². The van der Waals surface area contributed by atoms with Crippen LogP contribution in [0.3, 0.4) is 0 Å². The molecule has 0 aromatic heterocycles. The Bertz CT molecular complexity index is 812. The standard InChI is InChI=1S/C27H45N3O6.ClH/c1-18(2)19(15-22(28)24(32)17-30-26(33)20-10-8-11-23(20)31)16-29-27(34)21-9-4-5-12-25(21)36-14-7-6-13-35-3;/h4-5,9,12,18-20,22-24,31-32H,6-8,10-11,13-17,28H2,1-3H3,(H,29,34)(H,30,33);1H/t19?,20-,22?,23-,24?;/m0./s1. The average Bonchev–Trinajstić information content (AvgIpc) is 3.30.